The number of nitrogens with one attached hydrogen (secondary N) is 2. The first-order valence-electron chi connectivity index (χ1n) is 4.89. The van der Waals surface area contributed by atoms with Crippen LogP contribution in [-0.2, 0) is 13.5 Å². The summed E-state index contributed by atoms with van der Waals surface area (Å²) < 4.78 is 1.65. The van der Waals surface area contributed by atoms with Crippen LogP contribution in [0, 0.1) is 0 Å². The van der Waals surface area contributed by atoms with Gasteiger partial charge in [0.2, 0.25) is 0 Å². The van der Waals surface area contributed by atoms with Crippen LogP contribution in [0.5, 0.6) is 0 Å². The van der Waals surface area contributed by atoms with Gasteiger partial charge in [-0.3, -0.25) is 19.6 Å². The van der Waals surface area contributed by atoms with Crippen LogP contribution >= 0.6 is 0 Å². The predicted octanol–water partition coefficient (Wildman–Crippen LogP) is -0.523. The van der Waals surface area contributed by atoms with Crippen LogP contribution in [0.1, 0.15) is 12.6 Å². The normalized spacial score (nSPS) is 10.9. The summed E-state index contributed by atoms with van der Waals surface area (Å²) in [5, 5.41) is -0.0145. The second kappa shape index (κ2) is 3.48. The maximum Gasteiger partial charge on any atom is 0.327 e. The Morgan fingerprint density at radius 2 is 1.94 bits per heavy atom. The largest absolute Gasteiger partial charge is 0.334 e. The molecule has 0 saturated heterocycles. The molecule has 0 unspecified atom stereocenters. The van der Waals surface area contributed by atoms with Gasteiger partial charge < -0.3 is 4.57 Å². The van der Waals surface area contributed by atoms with Crippen molar-refractivity contribution in [3.05, 3.63) is 42.8 Å². The van der Waals surface area contributed by atoms with Gasteiger partial charge in [0.15, 0.2) is 5.43 Å². The standard InChI is InChI=1S/C10H11N3O3/c1-3-5-4-6(14)7-8(13(5)2)11-10(16)12-9(7)15/h4H,3H2,1-2H3,(H2,11,12,15,16). The number of nitrogens with zero attached hydrogens (tertiary/aromatic N) is 1. The fourth-order valence-corrected chi connectivity index (χ4v) is 1.76. The van der Waals surface area contributed by atoms with E-state index in [1.54, 1.807) is 11.6 Å². The van der Waals surface area contributed by atoms with Crippen LogP contribution < -0.4 is 16.7 Å². The van der Waals surface area contributed by atoms with Gasteiger partial charge in [0.05, 0.1) is 0 Å². The Labute approximate surface area is 89.6 Å². The van der Waals surface area contributed by atoms with Crippen LogP contribution in [0.4, 0.5) is 0 Å². The molecular formula is C10H11N3O3. The maximum atomic E-state index is 11.7. The van der Waals surface area contributed by atoms with Gasteiger partial charge in [0, 0.05) is 18.8 Å². The molecule has 0 atom stereocenters. The summed E-state index contributed by atoms with van der Waals surface area (Å²) >= 11 is 0. The molecule has 0 aliphatic heterocycles. The van der Waals surface area contributed by atoms with Gasteiger partial charge in [0.25, 0.3) is 5.56 Å². The van der Waals surface area contributed by atoms with Gasteiger partial charge in [-0.2, -0.15) is 0 Å². The molecule has 0 spiro atoms. The second-order valence-electron chi connectivity index (χ2n) is 3.54. The number of hydrogen-bond donors (Lipinski definition) is 2. The van der Waals surface area contributed by atoms with Gasteiger partial charge >= 0.3 is 5.69 Å². The zero-order valence-corrected chi connectivity index (χ0v) is 8.96. The van der Waals surface area contributed by atoms with Gasteiger partial charge in [-0.05, 0) is 6.42 Å². The molecule has 84 valence electrons. The minimum atomic E-state index is -0.651. The van der Waals surface area contributed by atoms with E-state index in [9.17, 15) is 14.4 Å². The molecule has 0 fully saturated rings. The fraction of sp³-hybridized carbons (Fsp3) is 0.300. The van der Waals surface area contributed by atoms with Crippen LogP contribution in [-0.4, -0.2) is 14.5 Å². The highest BCUT2D eigenvalue weighted by Gasteiger charge is 2.09. The average Bonchev–Trinajstić information content (AvgIpc) is 2.22. The zero-order valence-electron chi connectivity index (χ0n) is 8.96. The molecule has 0 aliphatic carbocycles. The van der Waals surface area contributed by atoms with Crippen molar-refractivity contribution in [1.29, 1.82) is 0 Å². The first-order valence-corrected chi connectivity index (χ1v) is 4.89. The van der Waals surface area contributed by atoms with E-state index in [1.807, 2.05) is 11.9 Å². The topological polar surface area (TPSA) is 87.7 Å². The molecule has 16 heavy (non-hydrogen) atoms. The number of aryl methyl sites for hydroxylation is 2. The predicted molar refractivity (Wildman–Crippen MR) is 59.8 cm³/mol. The van der Waals surface area contributed by atoms with Crippen molar-refractivity contribution in [2.45, 2.75) is 13.3 Å². The highest BCUT2D eigenvalue weighted by atomic mass is 16.2. The SMILES string of the molecule is CCc1cc(=O)c2c(=O)[nH]c(=O)[nH]c2n1C. The lowest BCUT2D eigenvalue weighted by atomic mass is 10.2. The lowest BCUT2D eigenvalue weighted by Gasteiger charge is -2.08. The molecule has 2 aromatic rings. The van der Waals surface area contributed by atoms with Crippen LogP contribution in [0.15, 0.2) is 20.4 Å². The molecule has 0 saturated carbocycles. The van der Waals surface area contributed by atoms with Crippen molar-refractivity contribution < 1.29 is 0 Å². The first-order chi connectivity index (χ1) is 7.54. The summed E-state index contributed by atoms with van der Waals surface area (Å²) in [7, 11) is 1.70. The van der Waals surface area contributed by atoms with Gasteiger partial charge in [-0.25, -0.2) is 4.79 Å². The molecule has 0 bridgehead atoms. The molecule has 0 aliphatic rings. The van der Waals surface area contributed by atoms with Crippen LogP contribution in [0.2, 0.25) is 0 Å². The van der Waals surface area contributed by atoms with E-state index in [1.165, 1.54) is 6.07 Å². The molecule has 2 N–H and O–H groups in total. The smallest absolute Gasteiger partial charge is 0.327 e. The summed E-state index contributed by atoms with van der Waals surface area (Å²) in [5.41, 5.74) is -0.609. The Morgan fingerprint density at radius 1 is 1.25 bits per heavy atom. The number of pyridine rings is 1. The van der Waals surface area contributed by atoms with E-state index in [-0.39, 0.29) is 16.5 Å². The molecule has 0 amide bonds. The summed E-state index contributed by atoms with van der Waals surface area (Å²) in [6.45, 7) is 1.89. The number of hydrogen-bond acceptors (Lipinski definition) is 3. The molecule has 6 nitrogen and oxygen atoms in total. The fourth-order valence-electron chi connectivity index (χ4n) is 1.76. The maximum absolute atomic E-state index is 11.7. The third-order valence-corrected chi connectivity index (χ3v) is 2.60. The van der Waals surface area contributed by atoms with Crippen LogP contribution in [0.25, 0.3) is 11.0 Å². The first kappa shape index (κ1) is 10.4. The van der Waals surface area contributed by atoms with Crippen molar-refractivity contribution in [2.24, 2.45) is 7.05 Å². The highest BCUT2D eigenvalue weighted by Crippen LogP contribution is 2.03. The van der Waals surface area contributed by atoms with Crippen molar-refractivity contribution >= 4 is 11.0 Å². The molecule has 2 rings (SSSR count). The highest BCUT2D eigenvalue weighted by molar-refractivity contribution is 5.73. The number of aromatic nitrogens is 3. The van der Waals surface area contributed by atoms with Crippen LogP contribution in [0.3, 0.4) is 0 Å². The van der Waals surface area contributed by atoms with E-state index >= 15 is 0 Å². The van der Waals surface area contributed by atoms with E-state index in [0.29, 0.717) is 6.42 Å². The zero-order chi connectivity index (χ0) is 11.9. The molecule has 2 heterocycles. The Bertz CT molecular complexity index is 721. The molecular weight excluding hydrogens is 210 g/mol. The number of aromatic amines is 2. The lowest BCUT2D eigenvalue weighted by Crippen LogP contribution is -2.28. The van der Waals surface area contributed by atoms with E-state index < -0.39 is 11.2 Å². The van der Waals surface area contributed by atoms with E-state index in [4.69, 9.17) is 0 Å². The van der Waals surface area contributed by atoms with Crippen molar-refractivity contribution in [3.8, 4) is 0 Å². The van der Waals surface area contributed by atoms with Gasteiger partial charge in [-0.15, -0.1) is 0 Å². The van der Waals surface area contributed by atoms with Gasteiger partial charge in [-0.1, -0.05) is 6.92 Å². The number of fused-ring (bicyclic) bond motifs is 1. The Kier molecular flexibility index (Phi) is 2.26. The second-order valence-corrected chi connectivity index (χ2v) is 3.54. The van der Waals surface area contributed by atoms with E-state index in [0.717, 1.165) is 5.69 Å². The molecule has 2 aromatic heterocycles. The number of H-pyrrole nitrogens is 2. The van der Waals surface area contributed by atoms with Gasteiger partial charge in [0.1, 0.15) is 11.0 Å². The number of rotatable bonds is 1. The quantitative estimate of drug-likeness (QED) is 0.679. The Balaban J connectivity index is 3.14. The summed E-state index contributed by atoms with van der Waals surface area (Å²) in [5.74, 6) is 0. The minimum Gasteiger partial charge on any atom is -0.334 e. The van der Waals surface area contributed by atoms with E-state index in [2.05, 4.69) is 4.98 Å². The Hall–Kier alpha value is -2.11. The molecule has 6 heteroatoms. The van der Waals surface area contributed by atoms with Crippen molar-refractivity contribution in [2.75, 3.05) is 0 Å². The third kappa shape index (κ3) is 1.39. The summed E-state index contributed by atoms with van der Waals surface area (Å²) in [4.78, 5) is 38.8. The Morgan fingerprint density at radius 3 is 2.56 bits per heavy atom. The molecule has 0 aromatic carbocycles. The lowest BCUT2D eigenvalue weighted by molar-refractivity contribution is 0.825. The average molecular weight is 221 g/mol. The van der Waals surface area contributed by atoms with Crippen molar-refractivity contribution in [1.82, 2.24) is 14.5 Å². The monoisotopic (exact) mass is 221 g/mol. The summed E-state index contributed by atoms with van der Waals surface area (Å²) in [6.07, 6.45) is 0.649. The van der Waals surface area contributed by atoms with Crippen molar-refractivity contribution in [3.63, 3.8) is 0 Å². The molecule has 0 radical (unpaired) electrons. The third-order valence-electron chi connectivity index (χ3n) is 2.60. The summed E-state index contributed by atoms with van der Waals surface area (Å²) in [6, 6.07) is 1.41. The minimum absolute atomic E-state index is 0.0145.